The number of nitrogens with zero attached hydrogens (tertiary/aromatic N) is 1. The maximum Gasteiger partial charge on any atom is 0.268 e. The monoisotopic (exact) mass is 312 g/mol. The van der Waals surface area contributed by atoms with Gasteiger partial charge in [0.1, 0.15) is 5.69 Å². The van der Waals surface area contributed by atoms with E-state index in [0.717, 1.165) is 17.5 Å². The van der Waals surface area contributed by atoms with Gasteiger partial charge in [0, 0.05) is 24.3 Å². The number of aromatic nitrogens is 1. The fourth-order valence-electron chi connectivity index (χ4n) is 2.65. The molecular formula is C13H17BrN2O2. The van der Waals surface area contributed by atoms with Gasteiger partial charge in [-0.1, -0.05) is 0 Å². The van der Waals surface area contributed by atoms with Gasteiger partial charge in [0.05, 0.1) is 12.1 Å². The van der Waals surface area contributed by atoms with E-state index in [0.29, 0.717) is 11.6 Å². The summed E-state index contributed by atoms with van der Waals surface area (Å²) in [6, 6.07) is 2.02. The summed E-state index contributed by atoms with van der Waals surface area (Å²) in [5.74, 6) is 0.655. The van der Waals surface area contributed by atoms with Gasteiger partial charge >= 0.3 is 0 Å². The summed E-state index contributed by atoms with van der Waals surface area (Å²) < 4.78 is 8.49. The second-order valence-electron chi connectivity index (χ2n) is 5.20. The van der Waals surface area contributed by atoms with Crippen LogP contribution in [0.3, 0.4) is 0 Å². The van der Waals surface area contributed by atoms with E-state index < -0.39 is 0 Å². The van der Waals surface area contributed by atoms with Crippen molar-refractivity contribution in [3.05, 3.63) is 22.4 Å². The van der Waals surface area contributed by atoms with Gasteiger partial charge in [0.25, 0.3) is 5.91 Å². The molecule has 98 valence electrons. The third-order valence-electron chi connectivity index (χ3n) is 3.74. The van der Waals surface area contributed by atoms with Gasteiger partial charge in [-0.3, -0.25) is 4.79 Å². The zero-order valence-corrected chi connectivity index (χ0v) is 11.9. The van der Waals surface area contributed by atoms with E-state index in [-0.39, 0.29) is 18.1 Å². The molecule has 4 nitrogen and oxygen atoms in total. The zero-order valence-electron chi connectivity index (χ0n) is 10.4. The van der Waals surface area contributed by atoms with Gasteiger partial charge in [-0.2, -0.15) is 0 Å². The van der Waals surface area contributed by atoms with Crippen molar-refractivity contribution < 1.29 is 9.53 Å². The number of rotatable bonds is 3. The van der Waals surface area contributed by atoms with E-state index >= 15 is 0 Å². The molecule has 2 atom stereocenters. The Kier molecular flexibility index (Phi) is 3.20. The summed E-state index contributed by atoms with van der Waals surface area (Å²) >= 11 is 3.38. The average Bonchev–Trinajstić information content (AvgIpc) is 2.97. The third kappa shape index (κ3) is 2.34. The SMILES string of the molecule is Cn1cc(Br)cc1C(=O)NC1CCOC1C1CC1. The highest BCUT2D eigenvalue weighted by Crippen LogP contribution is 2.38. The number of amides is 1. The number of nitrogens with one attached hydrogen (secondary N) is 1. The number of carbonyl (C=O) groups is 1. The van der Waals surface area contributed by atoms with Crippen LogP contribution in [0.2, 0.25) is 0 Å². The normalized spacial score (nSPS) is 27.4. The third-order valence-corrected chi connectivity index (χ3v) is 4.18. The van der Waals surface area contributed by atoms with E-state index in [2.05, 4.69) is 21.2 Å². The quantitative estimate of drug-likeness (QED) is 0.928. The molecule has 1 N–H and O–H groups in total. The molecule has 1 aromatic rings. The molecule has 3 rings (SSSR count). The van der Waals surface area contributed by atoms with Gasteiger partial charge in [0.2, 0.25) is 0 Å². The number of hydrogen-bond donors (Lipinski definition) is 1. The Bertz CT molecular complexity index is 468. The first kappa shape index (κ1) is 12.2. The van der Waals surface area contributed by atoms with E-state index in [1.54, 1.807) is 0 Å². The molecule has 5 heteroatoms. The Hall–Kier alpha value is -0.810. The Morgan fingerprint density at radius 2 is 2.28 bits per heavy atom. The van der Waals surface area contributed by atoms with Gasteiger partial charge in [-0.15, -0.1) is 0 Å². The summed E-state index contributed by atoms with van der Waals surface area (Å²) in [6.07, 6.45) is 5.54. The summed E-state index contributed by atoms with van der Waals surface area (Å²) in [7, 11) is 1.88. The topological polar surface area (TPSA) is 43.3 Å². The number of carbonyl (C=O) groups excluding carboxylic acids is 1. The highest BCUT2D eigenvalue weighted by atomic mass is 79.9. The number of ether oxygens (including phenoxy) is 1. The van der Waals surface area contributed by atoms with Crippen LogP contribution in [0.4, 0.5) is 0 Å². The summed E-state index contributed by atoms with van der Waals surface area (Å²) in [5, 5.41) is 3.12. The summed E-state index contributed by atoms with van der Waals surface area (Å²) in [6.45, 7) is 0.767. The number of halogens is 1. The highest BCUT2D eigenvalue weighted by Gasteiger charge is 2.41. The van der Waals surface area contributed by atoms with Crippen LogP contribution < -0.4 is 5.32 Å². The van der Waals surface area contributed by atoms with Gasteiger partial charge < -0.3 is 14.6 Å². The van der Waals surface area contributed by atoms with Crippen LogP contribution in [0.5, 0.6) is 0 Å². The van der Waals surface area contributed by atoms with Crippen LogP contribution in [0, 0.1) is 5.92 Å². The average molecular weight is 313 g/mol. The maximum atomic E-state index is 12.2. The Balaban J connectivity index is 1.68. The lowest BCUT2D eigenvalue weighted by atomic mass is 10.1. The molecule has 0 spiro atoms. The van der Waals surface area contributed by atoms with E-state index in [1.165, 1.54) is 12.8 Å². The van der Waals surface area contributed by atoms with Crippen LogP contribution in [-0.4, -0.2) is 29.2 Å². The molecule has 1 amide bonds. The first-order valence-corrected chi connectivity index (χ1v) is 7.19. The lowest BCUT2D eigenvalue weighted by Gasteiger charge is -2.19. The molecule has 0 radical (unpaired) electrons. The molecule has 2 heterocycles. The minimum absolute atomic E-state index is 0.00986. The first-order chi connectivity index (χ1) is 8.65. The predicted octanol–water partition coefficient (Wildman–Crippen LogP) is 2.08. The Labute approximate surface area is 115 Å². The molecule has 1 aliphatic carbocycles. The molecular weight excluding hydrogens is 296 g/mol. The van der Waals surface area contributed by atoms with E-state index in [9.17, 15) is 4.79 Å². The Morgan fingerprint density at radius 3 is 2.89 bits per heavy atom. The van der Waals surface area contributed by atoms with Crippen LogP contribution in [0.25, 0.3) is 0 Å². The van der Waals surface area contributed by atoms with E-state index in [4.69, 9.17) is 4.74 Å². The van der Waals surface area contributed by atoms with Gasteiger partial charge in [-0.05, 0) is 47.2 Å². The number of aryl methyl sites for hydroxylation is 1. The summed E-state index contributed by atoms with van der Waals surface area (Å²) in [5.41, 5.74) is 0.684. The van der Waals surface area contributed by atoms with Crippen molar-refractivity contribution in [1.29, 1.82) is 0 Å². The van der Waals surface area contributed by atoms with E-state index in [1.807, 2.05) is 23.9 Å². The van der Waals surface area contributed by atoms with Gasteiger partial charge in [-0.25, -0.2) is 0 Å². The smallest absolute Gasteiger partial charge is 0.268 e. The minimum Gasteiger partial charge on any atom is -0.376 e. The largest absolute Gasteiger partial charge is 0.376 e. The molecule has 0 bridgehead atoms. The zero-order chi connectivity index (χ0) is 12.7. The van der Waals surface area contributed by atoms with Crippen molar-refractivity contribution >= 4 is 21.8 Å². The van der Waals surface area contributed by atoms with Crippen molar-refractivity contribution in [3.63, 3.8) is 0 Å². The highest BCUT2D eigenvalue weighted by molar-refractivity contribution is 9.10. The summed E-state index contributed by atoms with van der Waals surface area (Å²) in [4.78, 5) is 12.2. The Morgan fingerprint density at radius 1 is 1.50 bits per heavy atom. The predicted molar refractivity (Wildman–Crippen MR) is 71.4 cm³/mol. The molecule has 1 saturated heterocycles. The van der Waals surface area contributed by atoms with Crippen LogP contribution >= 0.6 is 15.9 Å². The second kappa shape index (κ2) is 4.70. The standard InChI is InChI=1S/C13H17BrN2O2/c1-16-7-9(14)6-11(16)13(17)15-10-4-5-18-12(10)8-2-3-8/h6-8,10,12H,2-5H2,1H3,(H,15,17). The van der Waals surface area contributed by atoms with Crippen molar-refractivity contribution in [1.82, 2.24) is 9.88 Å². The molecule has 18 heavy (non-hydrogen) atoms. The fourth-order valence-corrected chi connectivity index (χ4v) is 3.17. The first-order valence-electron chi connectivity index (χ1n) is 6.39. The molecule has 1 aromatic heterocycles. The second-order valence-corrected chi connectivity index (χ2v) is 6.11. The van der Waals surface area contributed by atoms with Crippen LogP contribution in [0.1, 0.15) is 29.8 Å². The van der Waals surface area contributed by atoms with Crippen LogP contribution in [0.15, 0.2) is 16.7 Å². The minimum atomic E-state index is -0.00986. The molecule has 2 unspecified atom stereocenters. The van der Waals surface area contributed by atoms with Crippen molar-refractivity contribution in [2.24, 2.45) is 13.0 Å². The van der Waals surface area contributed by atoms with Crippen molar-refractivity contribution in [2.75, 3.05) is 6.61 Å². The lowest BCUT2D eigenvalue weighted by Crippen LogP contribution is -2.41. The molecule has 2 fully saturated rings. The lowest BCUT2D eigenvalue weighted by molar-refractivity contribution is 0.0726. The molecule has 1 aliphatic heterocycles. The number of hydrogen-bond acceptors (Lipinski definition) is 2. The molecule has 0 aromatic carbocycles. The maximum absolute atomic E-state index is 12.2. The fraction of sp³-hybridized carbons (Fsp3) is 0.615. The molecule has 1 saturated carbocycles. The van der Waals surface area contributed by atoms with Crippen molar-refractivity contribution in [3.8, 4) is 0 Å². The van der Waals surface area contributed by atoms with Crippen molar-refractivity contribution in [2.45, 2.75) is 31.4 Å². The van der Waals surface area contributed by atoms with Gasteiger partial charge in [0.15, 0.2) is 0 Å². The molecule has 2 aliphatic rings. The van der Waals surface area contributed by atoms with Crippen LogP contribution in [-0.2, 0) is 11.8 Å².